The summed E-state index contributed by atoms with van der Waals surface area (Å²) in [7, 11) is -2.53. The molecule has 3 aromatic heterocycles. The van der Waals surface area contributed by atoms with Gasteiger partial charge < -0.3 is 10.1 Å². The fraction of sp³-hybridized carbons (Fsp3) is 0.333. The second-order valence-electron chi connectivity index (χ2n) is 9.81. The minimum atomic E-state index is -3.76. The predicted octanol–water partition coefficient (Wildman–Crippen LogP) is 3.25. The molecule has 1 unspecified atom stereocenters. The smallest absolute Gasteiger partial charge is 0.413 e. The zero-order valence-electron chi connectivity index (χ0n) is 23.3. The van der Waals surface area contributed by atoms with Crippen molar-refractivity contribution in [2.75, 3.05) is 50.5 Å². The highest BCUT2D eigenvalue weighted by Gasteiger charge is 2.32. The number of carbonyl (C=O) groups excluding carboxylic acids is 2. The summed E-state index contributed by atoms with van der Waals surface area (Å²) in [6.45, 7) is 6.12. The number of methoxy groups -OCH3 is 1. The number of anilines is 2. The van der Waals surface area contributed by atoms with Crippen molar-refractivity contribution in [1.29, 1.82) is 0 Å². The van der Waals surface area contributed by atoms with Crippen LogP contribution in [0.1, 0.15) is 23.0 Å². The maximum absolute atomic E-state index is 13.3. The lowest BCUT2D eigenvalue weighted by atomic mass is 10.0. The van der Waals surface area contributed by atoms with Crippen molar-refractivity contribution < 1.29 is 22.7 Å². The fourth-order valence-electron chi connectivity index (χ4n) is 4.85. The second kappa shape index (κ2) is 12.4. The molecule has 4 aromatic rings. The lowest BCUT2D eigenvalue weighted by Crippen LogP contribution is -2.50. The highest BCUT2D eigenvalue weighted by Crippen LogP contribution is 2.31. The van der Waals surface area contributed by atoms with Crippen LogP contribution in [0.3, 0.4) is 0 Å². The molecule has 1 atom stereocenters. The van der Waals surface area contributed by atoms with E-state index < -0.39 is 16.1 Å². The summed E-state index contributed by atoms with van der Waals surface area (Å²) in [6, 6.07) is 7.59. The first kappa shape index (κ1) is 29.4. The normalized spacial score (nSPS) is 15.3. The van der Waals surface area contributed by atoms with Gasteiger partial charge in [0.05, 0.1) is 18.3 Å². The van der Waals surface area contributed by atoms with Gasteiger partial charge >= 0.3 is 6.09 Å². The van der Waals surface area contributed by atoms with E-state index in [1.165, 1.54) is 23.9 Å². The molecule has 4 heterocycles. The first-order chi connectivity index (χ1) is 20.2. The Hall–Kier alpha value is -4.05. The van der Waals surface area contributed by atoms with E-state index in [1.54, 1.807) is 19.2 Å². The lowest BCUT2D eigenvalue weighted by molar-refractivity contribution is 0.112. The minimum Gasteiger partial charge on any atom is -0.453 e. The Morgan fingerprint density at radius 3 is 2.71 bits per heavy atom. The number of fused-ring (bicyclic) bond motifs is 1. The maximum atomic E-state index is 13.3. The molecular weight excluding hydrogens is 580 g/mol. The van der Waals surface area contributed by atoms with Gasteiger partial charge in [-0.1, -0.05) is 23.5 Å². The molecule has 1 aromatic carbocycles. The molecule has 0 bridgehead atoms. The Bertz CT molecular complexity index is 1720. The number of aldehydes is 1. The van der Waals surface area contributed by atoms with Crippen molar-refractivity contribution in [2.45, 2.75) is 24.1 Å². The number of benzene rings is 1. The summed E-state index contributed by atoms with van der Waals surface area (Å²) in [5.41, 5.74) is 3.21. The molecule has 42 heavy (non-hydrogen) atoms. The van der Waals surface area contributed by atoms with E-state index in [0.29, 0.717) is 49.8 Å². The van der Waals surface area contributed by atoms with Crippen molar-refractivity contribution in [3.63, 3.8) is 0 Å². The van der Waals surface area contributed by atoms with Crippen LogP contribution in [-0.4, -0.2) is 95.8 Å². The molecule has 1 amide bonds. The van der Waals surface area contributed by atoms with Crippen LogP contribution in [0.2, 0.25) is 0 Å². The summed E-state index contributed by atoms with van der Waals surface area (Å²) >= 11 is 0.911. The zero-order valence-corrected chi connectivity index (χ0v) is 24.9. The molecule has 1 saturated heterocycles. The first-order valence-electron chi connectivity index (χ1n) is 13.2. The highest BCUT2D eigenvalue weighted by molar-refractivity contribution is 7.91. The van der Waals surface area contributed by atoms with Gasteiger partial charge in [0.1, 0.15) is 12.1 Å². The zero-order chi connectivity index (χ0) is 29.9. The van der Waals surface area contributed by atoms with E-state index in [0.717, 1.165) is 39.7 Å². The third-order valence-electron chi connectivity index (χ3n) is 6.84. The second-order valence-corrected chi connectivity index (χ2v) is 12.9. The average molecular weight is 611 g/mol. The van der Waals surface area contributed by atoms with E-state index in [4.69, 9.17) is 0 Å². The number of aryl methyl sites for hydroxylation is 1. The molecule has 0 radical (unpaired) electrons. The summed E-state index contributed by atoms with van der Waals surface area (Å²) in [6.07, 6.45) is 4.79. The number of sulfonamides is 1. The van der Waals surface area contributed by atoms with Gasteiger partial charge in [-0.2, -0.15) is 4.31 Å². The molecule has 13 nitrogen and oxygen atoms in total. The average Bonchev–Trinajstić information content (AvgIpc) is 3.37. The molecule has 1 aliphatic heterocycles. The number of para-hydroxylation sites is 1. The van der Waals surface area contributed by atoms with Crippen LogP contribution in [-0.2, 0) is 14.8 Å². The number of amides is 1. The van der Waals surface area contributed by atoms with E-state index in [1.807, 2.05) is 18.2 Å². The fourth-order valence-corrected chi connectivity index (χ4v) is 7.81. The first-order valence-corrected chi connectivity index (χ1v) is 15.4. The number of pyridine rings is 1. The van der Waals surface area contributed by atoms with Gasteiger partial charge in [0.2, 0.25) is 0 Å². The molecule has 0 aliphatic carbocycles. The van der Waals surface area contributed by atoms with Gasteiger partial charge in [0.15, 0.2) is 15.6 Å². The SMILES string of the molecule is COC(=O)Nc1nc(C)c(S(=O)(=O)N2CCN(CC(C)Nc3ncnc4c(-c5cncc(C=O)c5)cccc34)CC2)s1. The molecule has 2 N–H and O–H groups in total. The number of rotatable bonds is 9. The third-order valence-corrected chi connectivity index (χ3v) is 10.4. The van der Waals surface area contributed by atoms with Gasteiger partial charge in [-0.25, -0.2) is 28.2 Å². The highest BCUT2D eigenvalue weighted by atomic mass is 32.2. The van der Waals surface area contributed by atoms with Crippen LogP contribution in [0.4, 0.5) is 15.7 Å². The standard InChI is InChI=1S/C27H30N8O5S2/c1-17(31-24-22-6-4-5-21(23(22)29-16-30-24)20-11-19(15-36)12-28-13-20)14-34-7-9-35(10-8-34)42(38,39)25-18(2)32-26(41-25)33-27(37)40-3/h4-6,11-13,15-17H,7-10,14H2,1-3H3,(H,29,30,31)(H,32,33,37). The Labute approximate surface area is 247 Å². The van der Waals surface area contributed by atoms with Gasteiger partial charge in [0.25, 0.3) is 10.0 Å². The van der Waals surface area contributed by atoms with E-state index in [2.05, 4.69) is 47.1 Å². The molecule has 220 valence electrons. The van der Waals surface area contributed by atoms with Crippen molar-refractivity contribution >= 4 is 55.6 Å². The number of nitrogens with one attached hydrogen (secondary N) is 2. The summed E-state index contributed by atoms with van der Waals surface area (Å²) in [5.74, 6) is 0.687. The Morgan fingerprint density at radius 2 is 1.98 bits per heavy atom. The monoisotopic (exact) mass is 610 g/mol. The van der Waals surface area contributed by atoms with E-state index in [9.17, 15) is 18.0 Å². The lowest BCUT2D eigenvalue weighted by Gasteiger charge is -2.35. The van der Waals surface area contributed by atoms with Crippen LogP contribution in [0, 0.1) is 6.92 Å². The Balaban J connectivity index is 1.23. The third kappa shape index (κ3) is 6.23. The van der Waals surface area contributed by atoms with E-state index >= 15 is 0 Å². The molecule has 15 heteroatoms. The van der Waals surface area contributed by atoms with Crippen molar-refractivity contribution in [3.8, 4) is 11.1 Å². The number of ether oxygens (including phenoxy) is 1. The largest absolute Gasteiger partial charge is 0.453 e. The van der Waals surface area contributed by atoms with Gasteiger partial charge in [-0.05, 0) is 26.0 Å². The topological polar surface area (TPSA) is 160 Å². The van der Waals surface area contributed by atoms with Crippen LogP contribution >= 0.6 is 11.3 Å². The summed E-state index contributed by atoms with van der Waals surface area (Å²) in [5, 5.41) is 6.93. The molecule has 0 spiro atoms. The van der Waals surface area contributed by atoms with Crippen molar-refractivity contribution in [2.24, 2.45) is 0 Å². The number of aromatic nitrogens is 4. The maximum Gasteiger partial charge on any atom is 0.413 e. The van der Waals surface area contributed by atoms with Crippen LogP contribution in [0.5, 0.6) is 0 Å². The minimum absolute atomic E-state index is 0.00525. The van der Waals surface area contributed by atoms with Gasteiger partial charge in [0, 0.05) is 73.2 Å². The molecule has 1 aliphatic rings. The number of thiazole rings is 1. The molecular formula is C27H30N8O5S2. The molecule has 1 fully saturated rings. The van der Waals surface area contributed by atoms with Crippen molar-refractivity contribution in [3.05, 3.63) is 54.2 Å². The Morgan fingerprint density at radius 1 is 1.19 bits per heavy atom. The van der Waals surface area contributed by atoms with Gasteiger partial charge in [-0.3, -0.25) is 20.0 Å². The van der Waals surface area contributed by atoms with Crippen LogP contribution in [0.25, 0.3) is 22.0 Å². The van der Waals surface area contributed by atoms with Gasteiger partial charge in [-0.15, -0.1) is 0 Å². The van der Waals surface area contributed by atoms with Crippen LogP contribution in [0.15, 0.2) is 47.2 Å². The number of piperazine rings is 1. The quantitative estimate of drug-likeness (QED) is 0.268. The van der Waals surface area contributed by atoms with E-state index in [-0.39, 0.29) is 15.4 Å². The number of nitrogens with zero attached hydrogens (tertiary/aromatic N) is 6. The summed E-state index contributed by atoms with van der Waals surface area (Å²) < 4.78 is 32.8. The van der Waals surface area contributed by atoms with Crippen molar-refractivity contribution in [1.82, 2.24) is 29.1 Å². The summed E-state index contributed by atoms with van der Waals surface area (Å²) in [4.78, 5) is 42.3. The number of carbonyl (C=O) groups is 2. The number of hydrogen-bond acceptors (Lipinski definition) is 12. The molecule has 0 saturated carbocycles. The molecule has 5 rings (SSSR count). The number of hydrogen-bond donors (Lipinski definition) is 2. The van der Waals surface area contributed by atoms with Crippen LogP contribution < -0.4 is 10.6 Å². The predicted molar refractivity (Wildman–Crippen MR) is 159 cm³/mol. The Kier molecular flexibility index (Phi) is 8.72.